The molecule has 0 atom stereocenters. The maximum atomic E-state index is 12.7. The van der Waals surface area contributed by atoms with Gasteiger partial charge in [0.05, 0.1) is 24.3 Å². The number of hydrogen-bond donors (Lipinski definition) is 2. The summed E-state index contributed by atoms with van der Waals surface area (Å²) in [4.78, 5) is 50.9. The molecule has 8 heteroatoms. The van der Waals surface area contributed by atoms with Crippen LogP contribution in [0.5, 0.6) is 0 Å². The van der Waals surface area contributed by atoms with E-state index in [1.165, 1.54) is 4.90 Å². The molecule has 0 aromatic heterocycles. The van der Waals surface area contributed by atoms with Crippen LogP contribution >= 0.6 is 0 Å². The highest BCUT2D eigenvalue weighted by Gasteiger charge is 2.34. The van der Waals surface area contributed by atoms with Crippen LogP contribution < -0.4 is 10.6 Å². The number of fused-ring (bicyclic) bond motifs is 1. The van der Waals surface area contributed by atoms with E-state index in [9.17, 15) is 19.2 Å². The predicted molar refractivity (Wildman–Crippen MR) is 131 cm³/mol. The van der Waals surface area contributed by atoms with Gasteiger partial charge in [0.1, 0.15) is 0 Å². The number of benzene rings is 3. The normalized spacial score (nSPS) is 12.5. The van der Waals surface area contributed by atoms with Crippen molar-refractivity contribution in [3.05, 3.63) is 95.1 Å². The molecule has 4 rings (SSSR count). The van der Waals surface area contributed by atoms with Gasteiger partial charge in [-0.1, -0.05) is 44.2 Å². The van der Waals surface area contributed by atoms with Crippen LogP contribution in [0, 0.1) is 5.92 Å². The average Bonchev–Trinajstić information content (AvgIpc) is 3.08. The highest BCUT2D eigenvalue weighted by molar-refractivity contribution is 6.21. The Bertz CT molecular complexity index is 1250. The van der Waals surface area contributed by atoms with E-state index in [-0.39, 0.29) is 30.2 Å². The molecule has 178 valence electrons. The molecule has 4 amide bonds. The van der Waals surface area contributed by atoms with Crippen molar-refractivity contribution < 1.29 is 23.9 Å². The molecule has 0 fully saturated rings. The number of amides is 4. The van der Waals surface area contributed by atoms with Gasteiger partial charge in [-0.2, -0.15) is 0 Å². The number of rotatable bonds is 7. The Balaban J connectivity index is 1.36. The van der Waals surface area contributed by atoms with E-state index in [1.807, 2.05) is 13.8 Å². The van der Waals surface area contributed by atoms with Crippen LogP contribution in [-0.2, 0) is 11.3 Å². The van der Waals surface area contributed by atoms with E-state index >= 15 is 0 Å². The number of nitrogens with one attached hydrogen (secondary N) is 2. The molecule has 0 saturated carbocycles. The second-order valence-electron chi connectivity index (χ2n) is 8.59. The second-order valence-corrected chi connectivity index (χ2v) is 8.59. The summed E-state index contributed by atoms with van der Waals surface area (Å²) < 4.78 is 5.10. The van der Waals surface area contributed by atoms with Crippen molar-refractivity contribution in [1.82, 2.24) is 4.90 Å². The van der Waals surface area contributed by atoms with Crippen molar-refractivity contribution in [2.24, 2.45) is 5.92 Å². The summed E-state index contributed by atoms with van der Waals surface area (Å²) in [5, 5.41) is 5.43. The van der Waals surface area contributed by atoms with Crippen molar-refractivity contribution in [3.8, 4) is 0 Å². The molecule has 0 radical (unpaired) electrons. The molecule has 1 heterocycles. The zero-order valence-corrected chi connectivity index (χ0v) is 19.4. The largest absolute Gasteiger partial charge is 0.449 e. The smallest absolute Gasteiger partial charge is 0.411 e. The monoisotopic (exact) mass is 471 g/mol. The topological polar surface area (TPSA) is 105 Å². The van der Waals surface area contributed by atoms with Gasteiger partial charge in [-0.15, -0.1) is 0 Å². The molecule has 8 nitrogen and oxygen atoms in total. The third kappa shape index (κ3) is 5.55. The highest BCUT2D eigenvalue weighted by atomic mass is 16.5. The lowest BCUT2D eigenvalue weighted by molar-refractivity contribution is 0.0641. The number of anilines is 2. The van der Waals surface area contributed by atoms with Gasteiger partial charge >= 0.3 is 6.09 Å². The first-order chi connectivity index (χ1) is 16.8. The molecule has 3 aromatic rings. The van der Waals surface area contributed by atoms with E-state index in [1.54, 1.807) is 72.8 Å². The number of carbonyl (C=O) groups is 4. The molecule has 0 saturated heterocycles. The Labute approximate surface area is 202 Å². The zero-order chi connectivity index (χ0) is 24.9. The minimum atomic E-state index is -0.559. The Morgan fingerprint density at radius 3 is 2.03 bits per heavy atom. The van der Waals surface area contributed by atoms with E-state index in [0.29, 0.717) is 34.7 Å². The van der Waals surface area contributed by atoms with Gasteiger partial charge in [0, 0.05) is 16.9 Å². The first-order valence-electron chi connectivity index (χ1n) is 11.2. The van der Waals surface area contributed by atoms with Crippen LogP contribution in [0.3, 0.4) is 0 Å². The fraction of sp³-hybridized carbons (Fsp3) is 0.185. The summed E-state index contributed by atoms with van der Waals surface area (Å²) >= 11 is 0. The molecule has 0 aliphatic carbocycles. The maximum Gasteiger partial charge on any atom is 0.411 e. The van der Waals surface area contributed by atoms with Gasteiger partial charge in [0.25, 0.3) is 17.7 Å². The Kier molecular flexibility index (Phi) is 6.91. The summed E-state index contributed by atoms with van der Waals surface area (Å²) in [6.07, 6.45) is -0.559. The lowest BCUT2D eigenvalue weighted by atomic mass is 10.1. The van der Waals surface area contributed by atoms with Gasteiger partial charge in [-0.05, 0) is 53.9 Å². The number of nitrogens with zero attached hydrogens (tertiary/aromatic N) is 1. The van der Waals surface area contributed by atoms with Gasteiger partial charge in [-0.3, -0.25) is 24.6 Å². The predicted octanol–water partition coefficient (Wildman–Crippen LogP) is 4.94. The maximum absolute atomic E-state index is 12.7. The Morgan fingerprint density at radius 2 is 1.43 bits per heavy atom. The van der Waals surface area contributed by atoms with E-state index in [4.69, 9.17) is 4.74 Å². The SMILES string of the molecule is CC(C)COC(=O)Nc1cccc(NC(=O)c2ccc(CN3C(=O)c4ccccc4C3=O)cc2)c1. The quantitative estimate of drug-likeness (QED) is 0.475. The molecule has 1 aliphatic heterocycles. The summed E-state index contributed by atoms with van der Waals surface area (Å²) in [6, 6.07) is 20.2. The van der Waals surface area contributed by atoms with Crippen LogP contribution in [-0.4, -0.2) is 35.3 Å². The van der Waals surface area contributed by atoms with Crippen LogP contribution in [0.2, 0.25) is 0 Å². The molecule has 2 N–H and O–H groups in total. The summed E-state index contributed by atoms with van der Waals surface area (Å²) in [7, 11) is 0. The van der Waals surface area contributed by atoms with Gasteiger partial charge in [-0.25, -0.2) is 4.79 Å². The first-order valence-corrected chi connectivity index (χ1v) is 11.2. The minimum Gasteiger partial charge on any atom is -0.449 e. The van der Waals surface area contributed by atoms with Crippen molar-refractivity contribution >= 4 is 35.2 Å². The standard InChI is InChI=1S/C27H25N3O5/c1-17(2)16-35-27(34)29-21-7-5-6-20(14-21)28-24(31)19-12-10-18(11-13-19)15-30-25(32)22-8-3-4-9-23(22)26(30)33/h3-14,17H,15-16H2,1-2H3,(H,28,31)(H,29,34). The Hall–Kier alpha value is -4.46. The lowest BCUT2D eigenvalue weighted by Crippen LogP contribution is -2.29. The van der Waals surface area contributed by atoms with Crippen molar-refractivity contribution in [3.63, 3.8) is 0 Å². The van der Waals surface area contributed by atoms with E-state index in [2.05, 4.69) is 10.6 Å². The van der Waals surface area contributed by atoms with Crippen LogP contribution in [0.4, 0.5) is 16.2 Å². The molecule has 1 aliphatic rings. The van der Waals surface area contributed by atoms with Crippen molar-refractivity contribution in [2.45, 2.75) is 20.4 Å². The lowest BCUT2D eigenvalue weighted by Gasteiger charge is -2.14. The van der Waals surface area contributed by atoms with Crippen molar-refractivity contribution in [1.29, 1.82) is 0 Å². The number of hydrogen-bond acceptors (Lipinski definition) is 5. The third-order valence-electron chi connectivity index (χ3n) is 5.35. The molecular weight excluding hydrogens is 446 g/mol. The van der Waals surface area contributed by atoms with Gasteiger partial charge in [0.15, 0.2) is 0 Å². The summed E-state index contributed by atoms with van der Waals surface area (Å²) in [5.74, 6) is -0.759. The Morgan fingerprint density at radius 1 is 0.829 bits per heavy atom. The number of imide groups is 1. The number of carbonyl (C=O) groups excluding carboxylic acids is 4. The average molecular weight is 472 g/mol. The van der Waals surface area contributed by atoms with E-state index < -0.39 is 6.09 Å². The number of ether oxygens (including phenoxy) is 1. The van der Waals surface area contributed by atoms with Gasteiger partial charge in [0.2, 0.25) is 0 Å². The van der Waals surface area contributed by atoms with Crippen molar-refractivity contribution in [2.75, 3.05) is 17.2 Å². The van der Waals surface area contributed by atoms with Gasteiger partial charge < -0.3 is 10.1 Å². The molecule has 0 spiro atoms. The fourth-order valence-electron chi connectivity index (χ4n) is 3.60. The van der Waals surface area contributed by atoms with E-state index in [0.717, 1.165) is 5.56 Å². The third-order valence-corrected chi connectivity index (χ3v) is 5.35. The van der Waals surface area contributed by atoms with Crippen LogP contribution in [0.1, 0.15) is 50.5 Å². The summed E-state index contributed by atoms with van der Waals surface area (Å²) in [5.41, 5.74) is 2.93. The van der Waals surface area contributed by atoms with Crippen LogP contribution in [0.15, 0.2) is 72.8 Å². The minimum absolute atomic E-state index is 0.120. The molecule has 35 heavy (non-hydrogen) atoms. The highest BCUT2D eigenvalue weighted by Crippen LogP contribution is 2.24. The zero-order valence-electron chi connectivity index (χ0n) is 19.4. The first kappa shape index (κ1) is 23.7. The molecule has 0 unspecified atom stereocenters. The van der Waals surface area contributed by atoms with Crippen LogP contribution in [0.25, 0.3) is 0 Å². The molecular formula is C27H25N3O5. The molecule has 0 bridgehead atoms. The summed E-state index contributed by atoms with van der Waals surface area (Å²) in [6.45, 7) is 4.32. The fourth-order valence-corrected chi connectivity index (χ4v) is 3.60. The molecule has 3 aromatic carbocycles. The second kappa shape index (κ2) is 10.2.